The summed E-state index contributed by atoms with van der Waals surface area (Å²) < 4.78 is 10.7. The molecule has 2 aliphatic heterocycles. The molecule has 4 heterocycles. The third-order valence-electron chi connectivity index (χ3n) is 4.80. The lowest BCUT2D eigenvalue weighted by Gasteiger charge is -2.22. The van der Waals surface area contributed by atoms with Gasteiger partial charge in [0, 0.05) is 37.0 Å². The van der Waals surface area contributed by atoms with Crippen molar-refractivity contribution in [2.75, 3.05) is 19.6 Å². The summed E-state index contributed by atoms with van der Waals surface area (Å²) in [5.41, 5.74) is 1.74. The van der Waals surface area contributed by atoms with Gasteiger partial charge in [0.05, 0.1) is 18.8 Å². The number of rotatable bonds is 4. The maximum absolute atomic E-state index is 12.6. The average Bonchev–Trinajstić information content (AvgIpc) is 3.28. The van der Waals surface area contributed by atoms with Gasteiger partial charge in [-0.15, -0.1) is 0 Å². The maximum atomic E-state index is 12.6. The minimum atomic E-state index is -0.313. The summed E-state index contributed by atoms with van der Waals surface area (Å²) in [6.07, 6.45) is 3.31. The SMILES string of the molecule is Cc1ccoc1C(=O)N1C[C@H]2OC(=O)N(CCc3ccccn3)[C@H]2C1. The molecule has 0 spiro atoms. The lowest BCUT2D eigenvalue weighted by molar-refractivity contribution is 0.0698. The number of aryl methyl sites for hydroxylation is 1. The van der Waals surface area contributed by atoms with E-state index < -0.39 is 0 Å². The van der Waals surface area contributed by atoms with Crippen LogP contribution in [0, 0.1) is 6.92 Å². The molecule has 2 aromatic rings. The summed E-state index contributed by atoms with van der Waals surface area (Å²) in [6, 6.07) is 7.37. The van der Waals surface area contributed by atoms with E-state index in [9.17, 15) is 9.59 Å². The molecule has 0 unspecified atom stereocenters. The molecule has 2 saturated heterocycles. The van der Waals surface area contributed by atoms with Crippen LogP contribution in [0.5, 0.6) is 0 Å². The molecule has 2 fully saturated rings. The number of amides is 2. The van der Waals surface area contributed by atoms with Crippen LogP contribution in [-0.4, -0.2) is 58.6 Å². The van der Waals surface area contributed by atoms with Gasteiger partial charge >= 0.3 is 6.09 Å². The van der Waals surface area contributed by atoms with Crippen LogP contribution in [0.15, 0.2) is 41.1 Å². The van der Waals surface area contributed by atoms with E-state index in [1.54, 1.807) is 22.1 Å². The van der Waals surface area contributed by atoms with E-state index in [2.05, 4.69) is 4.98 Å². The molecule has 7 nitrogen and oxygen atoms in total. The number of hydrogen-bond acceptors (Lipinski definition) is 5. The Bertz CT molecular complexity index is 789. The van der Waals surface area contributed by atoms with Gasteiger partial charge in [-0.1, -0.05) is 6.07 Å². The second-order valence-corrected chi connectivity index (χ2v) is 6.40. The van der Waals surface area contributed by atoms with Crippen molar-refractivity contribution >= 4 is 12.0 Å². The van der Waals surface area contributed by atoms with Crippen LogP contribution in [0.1, 0.15) is 21.8 Å². The third-order valence-corrected chi connectivity index (χ3v) is 4.80. The van der Waals surface area contributed by atoms with Crippen molar-refractivity contribution in [2.24, 2.45) is 0 Å². The Labute approximate surface area is 145 Å². The summed E-state index contributed by atoms with van der Waals surface area (Å²) in [5.74, 6) is 0.198. The van der Waals surface area contributed by atoms with E-state index >= 15 is 0 Å². The number of carbonyl (C=O) groups is 2. The van der Waals surface area contributed by atoms with Crippen LogP contribution < -0.4 is 0 Å². The second-order valence-electron chi connectivity index (χ2n) is 6.40. The molecule has 0 bridgehead atoms. The fourth-order valence-electron chi connectivity index (χ4n) is 3.44. The predicted octanol–water partition coefficient (Wildman–Crippen LogP) is 1.87. The molecule has 0 N–H and O–H groups in total. The number of likely N-dealkylation sites (tertiary alicyclic amines) is 1. The first kappa shape index (κ1) is 15.7. The highest BCUT2D eigenvalue weighted by atomic mass is 16.6. The number of hydrogen-bond donors (Lipinski definition) is 0. The topological polar surface area (TPSA) is 75.9 Å². The number of aromatic nitrogens is 1. The molecule has 0 saturated carbocycles. The molecule has 0 aliphatic carbocycles. The van der Waals surface area contributed by atoms with E-state index in [1.807, 2.05) is 25.1 Å². The van der Waals surface area contributed by atoms with Gasteiger partial charge in [-0.25, -0.2) is 4.79 Å². The molecule has 4 rings (SSSR count). The lowest BCUT2D eigenvalue weighted by Crippen LogP contribution is -2.40. The van der Waals surface area contributed by atoms with Crippen molar-refractivity contribution < 1.29 is 18.7 Å². The average molecular weight is 341 g/mol. The molecular formula is C18H19N3O4. The summed E-state index contributed by atoms with van der Waals surface area (Å²) >= 11 is 0. The second kappa shape index (κ2) is 6.23. The summed E-state index contributed by atoms with van der Waals surface area (Å²) in [6.45, 7) is 3.22. The van der Waals surface area contributed by atoms with Gasteiger partial charge in [0.1, 0.15) is 6.10 Å². The van der Waals surface area contributed by atoms with Gasteiger partial charge in [-0.3, -0.25) is 14.7 Å². The van der Waals surface area contributed by atoms with Gasteiger partial charge in [-0.05, 0) is 25.1 Å². The fourth-order valence-corrected chi connectivity index (χ4v) is 3.44. The summed E-state index contributed by atoms with van der Waals surface area (Å²) in [5, 5.41) is 0. The molecule has 2 amide bonds. The Hall–Kier alpha value is -2.83. The minimum absolute atomic E-state index is 0.115. The third kappa shape index (κ3) is 2.86. The number of pyridine rings is 1. The van der Waals surface area contributed by atoms with Gasteiger partial charge in [-0.2, -0.15) is 0 Å². The Balaban J connectivity index is 1.43. The highest BCUT2D eigenvalue weighted by Gasteiger charge is 2.49. The molecule has 2 aliphatic rings. The highest BCUT2D eigenvalue weighted by Crippen LogP contribution is 2.28. The normalized spacial score (nSPS) is 22.2. The van der Waals surface area contributed by atoms with E-state index in [1.165, 1.54) is 6.26 Å². The van der Waals surface area contributed by atoms with Crippen LogP contribution in [0.2, 0.25) is 0 Å². The highest BCUT2D eigenvalue weighted by molar-refractivity contribution is 5.93. The fraction of sp³-hybridized carbons (Fsp3) is 0.389. The Kier molecular flexibility index (Phi) is 3.91. The first-order valence-electron chi connectivity index (χ1n) is 8.34. The zero-order valence-electron chi connectivity index (χ0n) is 13.9. The van der Waals surface area contributed by atoms with Crippen LogP contribution in [-0.2, 0) is 11.2 Å². The Morgan fingerprint density at radius 2 is 2.20 bits per heavy atom. The number of ether oxygens (including phenoxy) is 1. The first-order chi connectivity index (χ1) is 12.1. The molecular weight excluding hydrogens is 322 g/mol. The van der Waals surface area contributed by atoms with Crippen molar-refractivity contribution in [3.8, 4) is 0 Å². The van der Waals surface area contributed by atoms with E-state index in [4.69, 9.17) is 9.15 Å². The molecule has 130 valence electrons. The first-order valence-corrected chi connectivity index (χ1v) is 8.34. The van der Waals surface area contributed by atoms with Crippen LogP contribution in [0.4, 0.5) is 4.79 Å². The van der Waals surface area contributed by atoms with Crippen molar-refractivity contribution in [2.45, 2.75) is 25.5 Å². The Morgan fingerprint density at radius 1 is 1.32 bits per heavy atom. The van der Waals surface area contributed by atoms with Crippen molar-refractivity contribution in [1.29, 1.82) is 0 Å². The number of carbonyl (C=O) groups excluding carboxylic acids is 2. The summed E-state index contributed by atoms with van der Waals surface area (Å²) in [7, 11) is 0. The van der Waals surface area contributed by atoms with Gasteiger partial charge < -0.3 is 14.1 Å². The lowest BCUT2D eigenvalue weighted by atomic mass is 10.2. The van der Waals surface area contributed by atoms with Crippen molar-refractivity contribution in [1.82, 2.24) is 14.8 Å². The van der Waals surface area contributed by atoms with Crippen LogP contribution in [0.25, 0.3) is 0 Å². The van der Waals surface area contributed by atoms with Crippen LogP contribution in [0.3, 0.4) is 0 Å². The smallest absolute Gasteiger partial charge is 0.410 e. The van der Waals surface area contributed by atoms with E-state index in [0.717, 1.165) is 11.3 Å². The number of furan rings is 1. The predicted molar refractivity (Wildman–Crippen MR) is 88.1 cm³/mol. The Morgan fingerprint density at radius 3 is 2.92 bits per heavy atom. The zero-order chi connectivity index (χ0) is 17.4. The van der Waals surface area contributed by atoms with Crippen LogP contribution >= 0.6 is 0 Å². The number of fused-ring (bicyclic) bond motifs is 1. The minimum Gasteiger partial charge on any atom is -0.459 e. The quantitative estimate of drug-likeness (QED) is 0.848. The van der Waals surface area contributed by atoms with E-state index in [-0.39, 0.29) is 24.1 Å². The molecule has 0 radical (unpaired) electrons. The van der Waals surface area contributed by atoms with Gasteiger partial charge in [0.25, 0.3) is 5.91 Å². The molecule has 25 heavy (non-hydrogen) atoms. The van der Waals surface area contributed by atoms with Gasteiger partial charge in [0.15, 0.2) is 5.76 Å². The standard InChI is InChI=1S/C18H19N3O4/c1-12-6-9-24-16(12)17(22)20-10-14-15(11-20)25-18(23)21(14)8-5-13-4-2-3-7-19-13/h2-4,6-7,9,14-15H,5,8,10-11H2,1H3/t14-,15+/m0/s1. The molecule has 2 atom stereocenters. The van der Waals surface area contributed by atoms with E-state index in [0.29, 0.717) is 31.8 Å². The number of nitrogens with zero attached hydrogens (tertiary/aromatic N) is 3. The largest absolute Gasteiger partial charge is 0.459 e. The maximum Gasteiger partial charge on any atom is 0.410 e. The zero-order valence-corrected chi connectivity index (χ0v) is 13.9. The summed E-state index contributed by atoms with van der Waals surface area (Å²) in [4.78, 5) is 32.4. The van der Waals surface area contributed by atoms with Crippen molar-refractivity contribution in [3.05, 3.63) is 53.7 Å². The molecule has 2 aromatic heterocycles. The molecule has 7 heteroatoms. The van der Waals surface area contributed by atoms with Gasteiger partial charge in [0.2, 0.25) is 0 Å². The molecule has 0 aromatic carbocycles. The van der Waals surface area contributed by atoms with Crippen molar-refractivity contribution in [3.63, 3.8) is 0 Å². The monoisotopic (exact) mass is 341 g/mol.